The van der Waals surface area contributed by atoms with E-state index in [9.17, 15) is 19.5 Å². The van der Waals surface area contributed by atoms with Gasteiger partial charge in [-0.25, -0.2) is 4.79 Å². The van der Waals surface area contributed by atoms with Crippen LogP contribution in [-0.4, -0.2) is 65.9 Å². The minimum absolute atomic E-state index is 0.0527. The summed E-state index contributed by atoms with van der Waals surface area (Å²) in [5, 5.41) is 11.2. The average Bonchev–Trinajstić information content (AvgIpc) is 3.18. The highest BCUT2D eigenvalue weighted by molar-refractivity contribution is 9.10. The molecule has 7 nitrogen and oxygen atoms in total. The maximum atomic E-state index is 13.3. The molecule has 8 heteroatoms. The van der Waals surface area contributed by atoms with Crippen LogP contribution in [0.5, 0.6) is 0 Å². The summed E-state index contributed by atoms with van der Waals surface area (Å²) in [7, 11) is 1.31. The standard InChI is InChI=1S/C30H37BrN2O5/c1-4-6-17-32(18-7-5-2)19-8-20-33-26(21-9-11-23(12-10-21)30(37)38-3)25(28(35)29(33)36)27(34)22-13-15-24(31)16-14-22/h9-16,26,34H,4-8,17-20H2,1-3H3/b27-25+. The van der Waals surface area contributed by atoms with Crippen LogP contribution >= 0.6 is 15.9 Å². The van der Waals surface area contributed by atoms with Crippen molar-refractivity contribution < 1.29 is 24.2 Å². The molecule has 0 aromatic heterocycles. The van der Waals surface area contributed by atoms with Crippen molar-refractivity contribution in [3.05, 3.63) is 75.3 Å². The number of ether oxygens (including phenoxy) is 1. The molecule has 2 aromatic carbocycles. The number of nitrogens with zero attached hydrogens (tertiary/aromatic N) is 2. The Kier molecular flexibility index (Phi) is 11.1. The largest absolute Gasteiger partial charge is 0.507 e. The topological polar surface area (TPSA) is 87.2 Å². The number of unbranched alkanes of at least 4 members (excludes halogenated alkanes) is 2. The number of esters is 1. The molecule has 0 spiro atoms. The lowest BCUT2D eigenvalue weighted by molar-refractivity contribution is -0.140. The van der Waals surface area contributed by atoms with Crippen LogP contribution in [-0.2, 0) is 14.3 Å². The molecule has 204 valence electrons. The van der Waals surface area contributed by atoms with Crippen molar-refractivity contribution in [2.24, 2.45) is 0 Å². The second-order valence-electron chi connectivity index (χ2n) is 9.52. The molecule has 2 aromatic rings. The van der Waals surface area contributed by atoms with Gasteiger partial charge in [-0.15, -0.1) is 0 Å². The lowest BCUT2D eigenvalue weighted by Gasteiger charge is -2.27. The molecule has 1 amide bonds. The highest BCUT2D eigenvalue weighted by Gasteiger charge is 2.45. The second kappa shape index (κ2) is 14.3. The number of ketones is 1. The molecule has 1 aliphatic rings. The first-order valence-electron chi connectivity index (χ1n) is 13.3. The van der Waals surface area contributed by atoms with Gasteiger partial charge in [-0.3, -0.25) is 9.59 Å². The van der Waals surface area contributed by atoms with Gasteiger partial charge in [0.25, 0.3) is 11.7 Å². The van der Waals surface area contributed by atoms with Gasteiger partial charge < -0.3 is 19.6 Å². The van der Waals surface area contributed by atoms with E-state index in [0.717, 1.165) is 49.8 Å². The second-order valence-corrected chi connectivity index (χ2v) is 10.4. The van der Waals surface area contributed by atoms with E-state index in [-0.39, 0.29) is 11.3 Å². The number of rotatable bonds is 13. The lowest BCUT2D eigenvalue weighted by atomic mass is 9.94. The van der Waals surface area contributed by atoms with Crippen LogP contribution in [0.25, 0.3) is 5.76 Å². The number of carbonyl (C=O) groups excluding carboxylic acids is 3. The summed E-state index contributed by atoms with van der Waals surface area (Å²) in [6, 6.07) is 12.8. The van der Waals surface area contributed by atoms with Crippen LogP contribution in [0, 0.1) is 0 Å². The van der Waals surface area contributed by atoms with Gasteiger partial charge in [0.05, 0.1) is 24.3 Å². The molecule has 0 bridgehead atoms. The van der Waals surface area contributed by atoms with Gasteiger partial charge in [-0.2, -0.15) is 0 Å². The Morgan fingerprint density at radius 1 is 0.921 bits per heavy atom. The van der Waals surface area contributed by atoms with Crippen molar-refractivity contribution in [2.45, 2.75) is 52.0 Å². The molecule has 1 saturated heterocycles. The minimum Gasteiger partial charge on any atom is -0.507 e. The van der Waals surface area contributed by atoms with Gasteiger partial charge in [0.2, 0.25) is 0 Å². The quantitative estimate of drug-likeness (QED) is 0.135. The summed E-state index contributed by atoms with van der Waals surface area (Å²) in [4.78, 5) is 42.5. The molecule has 1 heterocycles. The predicted octanol–water partition coefficient (Wildman–Crippen LogP) is 5.95. The fourth-order valence-corrected chi connectivity index (χ4v) is 4.97. The Morgan fingerprint density at radius 2 is 1.47 bits per heavy atom. The molecule has 1 fully saturated rings. The number of Topliss-reactive ketones (excluding diaryl/α,β-unsaturated/α-hetero) is 1. The Bertz CT molecular complexity index is 1140. The fraction of sp³-hybridized carbons (Fsp3) is 0.433. The number of hydrogen-bond acceptors (Lipinski definition) is 6. The van der Waals surface area contributed by atoms with Crippen molar-refractivity contribution >= 4 is 39.3 Å². The molecule has 0 aliphatic carbocycles. The highest BCUT2D eigenvalue weighted by atomic mass is 79.9. The number of aliphatic hydroxyl groups excluding tert-OH is 1. The summed E-state index contributed by atoms with van der Waals surface area (Å²) in [5.41, 5.74) is 1.51. The molecule has 0 radical (unpaired) electrons. The van der Waals surface area contributed by atoms with Crippen LogP contribution in [0.2, 0.25) is 0 Å². The summed E-state index contributed by atoms with van der Waals surface area (Å²) >= 11 is 3.38. The van der Waals surface area contributed by atoms with E-state index >= 15 is 0 Å². The third-order valence-electron chi connectivity index (χ3n) is 6.83. The zero-order valence-electron chi connectivity index (χ0n) is 22.4. The highest BCUT2D eigenvalue weighted by Crippen LogP contribution is 2.39. The number of benzene rings is 2. The van der Waals surface area contributed by atoms with Crippen molar-refractivity contribution in [3.63, 3.8) is 0 Å². The Hall–Kier alpha value is -2.97. The maximum absolute atomic E-state index is 13.3. The molecule has 1 N–H and O–H groups in total. The normalized spacial score (nSPS) is 16.9. The summed E-state index contributed by atoms with van der Waals surface area (Å²) < 4.78 is 5.63. The Labute approximate surface area is 233 Å². The lowest BCUT2D eigenvalue weighted by Crippen LogP contribution is -2.34. The van der Waals surface area contributed by atoms with Crippen LogP contribution in [0.1, 0.15) is 73.5 Å². The van der Waals surface area contributed by atoms with Gasteiger partial charge >= 0.3 is 5.97 Å². The molecule has 0 saturated carbocycles. The molecular weight excluding hydrogens is 548 g/mol. The van der Waals surface area contributed by atoms with Crippen molar-refractivity contribution in [1.82, 2.24) is 9.80 Å². The monoisotopic (exact) mass is 584 g/mol. The number of amides is 1. The third kappa shape index (κ3) is 7.11. The number of methoxy groups -OCH3 is 1. The Balaban J connectivity index is 1.94. The zero-order chi connectivity index (χ0) is 27.7. The number of carbonyl (C=O) groups is 3. The number of aliphatic hydroxyl groups is 1. The van der Waals surface area contributed by atoms with Crippen LogP contribution in [0.3, 0.4) is 0 Å². The first kappa shape index (κ1) is 29.6. The van der Waals surface area contributed by atoms with Gasteiger partial charge in [-0.1, -0.05) is 66.9 Å². The van der Waals surface area contributed by atoms with Gasteiger partial charge in [0, 0.05) is 16.6 Å². The van der Waals surface area contributed by atoms with Crippen molar-refractivity contribution in [3.8, 4) is 0 Å². The van der Waals surface area contributed by atoms with E-state index < -0.39 is 23.7 Å². The summed E-state index contributed by atoms with van der Waals surface area (Å²) in [5.74, 6) is -2.02. The van der Waals surface area contributed by atoms with E-state index in [1.807, 2.05) is 0 Å². The van der Waals surface area contributed by atoms with Gasteiger partial charge in [0.1, 0.15) is 5.76 Å². The summed E-state index contributed by atoms with van der Waals surface area (Å²) in [6.07, 6.45) is 5.18. The average molecular weight is 586 g/mol. The minimum atomic E-state index is -0.759. The molecule has 38 heavy (non-hydrogen) atoms. The van der Waals surface area contributed by atoms with E-state index in [4.69, 9.17) is 4.74 Å². The van der Waals surface area contributed by atoms with Crippen molar-refractivity contribution in [1.29, 1.82) is 0 Å². The van der Waals surface area contributed by atoms with Gasteiger partial charge in [-0.05, 0) is 68.7 Å². The zero-order valence-corrected chi connectivity index (χ0v) is 24.0. The smallest absolute Gasteiger partial charge is 0.337 e. The van der Waals surface area contributed by atoms with E-state index in [0.29, 0.717) is 29.7 Å². The Morgan fingerprint density at radius 3 is 2.03 bits per heavy atom. The maximum Gasteiger partial charge on any atom is 0.337 e. The number of halogens is 1. The van der Waals surface area contributed by atoms with E-state index in [2.05, 4.69) is 34.7 Å². The summed E-state index contributed by atoms with van der Waals surface area (Å²) in [6.45, 7) is 7.57. The van der Waals surface area contributed by atoms with E-state index in [1.165, 1.54) is 7.11 Å². The SMILES string of the molecule is CCCCN(CCCC)CCCN1C(=O)C(=O)/C(=C(/O)c2ccc(Br)cc2)C1c1ccc(C(=O)OC)cc1. The van der Waals surface area contributed by atoms with Crippen LogP contribution < -0.4 is 0 Å². The number of hydrogen-bond donors (Lipinski definition) is 1. The molecule has 1 aliphatic heterocycles. The third-order valence-corrected chi connectivity index (χ3v) is 7.36. The number of likely N-dealkylation sites (tertiary alicyclic amines) is 1. The first-order chi connectivity index (χ1) is 18.3. The first-order valence-corrected chi connectivity index (χ1v) is 14.1. The fourth-order valence-electron chi connectivity index (χ4n) is 4.70. The van der Waals surface area contributed by atoms with Gasteiger partial charge in [0.15, 0.2) is 0 Å². The predicted molar refractivity (Wildman–Crippen MR) is 152 cm³/mol. The van der Waals surface area contributed by atoms with Crippen LogP contribution in [0.4, 0.5) is 0 Å². The van der Waals surface area contributed by atoms with Crippen LogP contribution in [0.15, 0.2) is 58.6 Å². The van der Waals surface area contributed by atoms with E-state index in [1.54, 1.807) is 53.4 Å². The molecule has 3 rings (SSSR count). The molecule has 1 unspecified atom stereocenters. The molecule has 1 atom stereocenters. The van der Waals surface area contributed by atoms with Crippen molar-refractivity contribution in [2.75, 3.05) is 33.3 Å². The molecular formula is C30H37BrN2O5.